The molecule has 1 unspecified atom stereocenters. The maximum atomic E-state index is 6.35. The lowest BCUT2D eigenvalue weighted by Gasteiger charge is -2.31. The highest BCUT2D eigenvalue weighted by molar-refractivity contribution is 5.75. The van der Waals surface area contributed by atoms with E-state index >= 15 is 0 Å². The molecule has 0 spiro atoms. The number of unbranched alkanes of at least 4 members (excludes halogenated alkanes) is 2. The first-order chi connectivity index (χ1) is 14.7. The molecule has 1 atom stereocenters. The summed E-state index contributed by atoms with van der Waals surface area (Å²) in [6, 6.07) is 16.0. The third-order valence-electron chi connectivity index (χ3n) is 5.24. The van der Waals surface area contributed by atoms with Crippen LogP contribution in [0.3, 0.4) is 0 Å². The summed E-state index contributed by atoms with van der Waals surface area (Å²) in [6.07, 6.45) is 9.87. The van der Waals surface area contributed by atoms with Gasteiger partial charge in [-0.1, -0.05) is 57.9 Å². The van der Waals surface area contributed by atoms with Crippen LogP contribution in [0.4, 0.5) is 0 Å². The van der Waals surface area contributed by atoms with Crippen LogP contribution < -0.4 is 4.74 Å². The molecule has 4 nitrogen and oxygen atoms in total. The molecule has 160 valence electrons. The Kier molecular flexibility index (Phi) is 8.52. The fraction of sp³-hybridized carbons (Fsp3) is 0.423. The zero-order valence-electron chi connectivity index (χ0n) is 18.5. The summed E-state index contributed by atoms with van der Waals surface area (Å²) in [5.41, 5.74) is 2.77. The van der Waals surface area contributed by atoms with Gasteiger partial charge in [0, 0.05) is 19.2 Å². The van der Waals surface area contributed by atoms with Crippen molar-refractivity contribution in [2.24, 2.45) is 0 Å². The molecule has 0 saturated carbocycles. The van der Waals surface area contributed by atoms with Crippen molar-refractivity contribution in [2.75, 3.05) is 13.1 Å². The van der Waals surface area contributed by atoms with Crippen molar-refractivity contribution in [1.82, 2.24) is 9.88 Å². The lowest BCUT2D eigenvalue weighted by molar-refractivity contribution is 0.0202. The number of hydrogen-bond donors (Lipinski definition) is 0. The molecular formula is C26H34N2O2. The van der Waals surface area contributed by atoms with Gasteiger partial charge in [0.05, 0.1) is 0 Å². The van der Waals surface area contributed by atoms with Crippen LogP contribution in [-0.2, 0) is 0 Å². The average molecular weight is 407 g/mol. The third kappa shape index (κ3) is 6.20. The largest absolute Gasteiger partial charge is 0.475 e. The third-order valence-corrected chi connectivity index (χ3v) is 5.24. The normalized spacial score (nSPS) is 12.8. The summed E-state index contributed by atoms with van der Waals surface area (Å²) in [5, 5.41) is 0. The van der Waals surface area contributed by atoms with Crippen LogP contribution in [-0.4, -0.2) is 29.2 Å². The van der Waals surface area contributed by atoms with Gasteiger partial charge >= 0.3 is 0 Å². The molecule has 0 aliphatic heterocycles. The van der Waals surface area contributed by atoms with E-state index in [2.05, 4.69) is 42.8 Å². The maximum Gasteiger partial charge on any atom is 0.220 e. The number of nitrogens with zero attached hydrogens (tertiary/aromatic N) is 2. The molecule has 2 aromatic carbocycles. The second-order valence-corrected chi connectivity index (χ2v) is 7.65. The zero-order valence-corrected chi connectivity index (χ0v) is 18.5. The van der Waals surface area contributed by atoms with Gasteiger partial charge in [-0.25, -0.2) is 4.98 Å². The second-order valence-electron chi connectivity index (χ2n) is 7.65. The number of hydrogen-bond acceptors (Lipinski definition) is 4. The van der Waals surface area contributed by atoms with Crippen molar-refractivity contribution >= 4 is 23.3 Å². The van der Waals surface area contributed by atoms with E-state index in [4.69, 9.17) is 9.15 Å². The van der Waals surface area contributed by atoms with Crippen molar-refractivity contribution in [1.29, 1.82) is 0 Å². The average Bonchev–Trinajstić information content (AvgIpc) is 3.20. The minimum Gasteiger partial charge on any atom is -0.475 e. The van der Waals surface area contributed by atoms with Gasteiger partial charge in [0.1, 0.15) is 11.3 Å². The van der Waals surface area contributed by atoms with Gasteiger partial charge in [-0.05, 0) is 55.2 Å². The minimum absolute atomic E-state index is 0.129. The van der Waals surface area contributed by atoms with Crippen LogP contribution in [0.2, 0.25) is 0 Å². The minimum atomic E-state index is 0.129. The monoisotopic (exact) mass is 406 g/mol. The molecule has 1 heterocycles. The fourth-order valence-electron chi connectivity index (χ4n) is 3.48. The van der Waals surface area contributed by atoms with Gasteiger partial charge in [0.25, 0.3) is 0 Å². The Hall–Kier alpha value is -2.59. The molecule has 0 amide bonds. The number of para-hydroxylation sites is 2. The number of fused-ring (bicyclic) bond motifs is 1. The van der Waals surface area contributed by atoms with E-state index < -0.39 is 0 Å². The topological polar surface area (TPSA) is 38.5 Å². The molecule has 4 heteroatoms. The van der Waals surface area contributed by atoms with E-state index in [1.54, 1.807) is 0 Å². The molecule has 3 aromatic rings. The Balaban J connectivity index is 1.63. The Labute approximate surface area is 180 Å². The standard InChI is InChI=1S/C26H34N2O2/c1-4-7-19-28(20-8-5-2)26(6-3)29-22-16-13-21(14-17-22)15-18-25-27-23-11-9-10-12-24(23)30-25/h9-18,26H,4-8,19-20H2,1-3H3/b18-15+. The first-order valence-corrected chi connectivity index (χ1v) is 11.3. The molecule has 30 heavy (non-hydrogen) atoms. The second kappa shape index (κ2) is 11.6. The molecule has 3 rings (SSSR count). The predicted octanol–water partition coefficient (Wildman–Crippen LogP) is 7.02. The van der Waals surface area contributed by atoms with E-state index in [1.807, 2.05) is 48.6 Å². The number of benzene rings is 2. The zero-order chi connectivity index (χ0) is 21.2. The summed E-state index contributed by atoms with van der Waals surface area (Å²) < 4.78 is 12.1. The molecule has 0 aliphatic rings. The van der Waals surface area contributed by atoms with Crippen LogP contribution >= 0.6 is 0 Å². The maximum absolute atomic E-state index is 6.35. The van der Waals surface area contributed by atoms with Crippen molar-refractivity contribution in [2.45, 2.75) is 59.1 Å². The number of oxazole rings is 1. The molecule has 0 saturated heterocycles. The quantitative estimate of drug-likeness (QED) is 0.303. The smallest absolute Gasteiger partial charge is 0.220 e. The molecule has 1 aromatic heterocycles. The van der Waals surface area contributed by atoms with E-state index in [-0.39, 0.29) is 6.23 Å². The van der Waals surface area contributed by atoms with E-state index in [0.29, 0.717) is 5.89 Å². The van der Waals surface area contributed by atoms with Crippen LogP contribution in [0.5, 0.6) is 5.75 Å². The summed E-state index contributed by atoms with van der Waals surface area (Å²) in [6.45, 7) is 8.88. The molecule has 0 aliphatic carbocycles. The van der Waals surface area contributed by atoms with E-state index in [9.17, 15) is 0 Å². The molecule has 0 fully saturated rings. The van der Waals surface area contributed by atoms with Crippen molar-refractivity contribution in [3.63, 3.8) is 0 Å². The van der Waals surface area contributed by atoms with Crippen LogP contribution in [0.1, 0.15) is 64.3 Å². The predicted molar refractivity (Wildman–Crippen MR) is 125 cm³/mol. The molecular weight excluding hydrogens is 372 g/mol. The summed E-state index contributed by atoms with van der Waals surface area (Å²) in [5.74, 6) is 1.53. The van der Waals surface area contributed by atoms with Gasteiger partial charge < -0.3 is 9.15 Å². The van der Waals surface area contributed by atoms with Crippen molar-refractivity contribution in [3.8, 4) is 5.75 Å². The molecule has 0 bridgehead atoms. The van der Waals surface area contributed by atoms with Crippen LogP contribution in [0.25, 0.3) is 23.3 Å². The lowest BCUT2D eigenvalue weighted by Crippen LogP contribution is -2.40. The Morgan fingerprint density at radius 3 is 2.27 bits per heavy atom. The molecule has 0 radical (unpaired) electrons. The Morgan fingerprint density at radius 1 is 0.933 bits per heavy atom. The van der Waals surface area contributed by atoms with Gasteiger partial charge in [0.15, 0.2) is 11.8 Å². The van der Waals surface area contributed by atoms with Crippen LogP contribution in [0.15, 0.2) is 52.9 Å². The number of aromatic nitrogens is 1. The van der Waals surface area contributed by atoms with E-state index in [1.165, 1.54) is 25.7 Å². The number of ether oxygens (including phenoxy) is 1. The Bertz CT molecular complexity index is 873. The summed E-state index contributed by atoms with van der Waals surface area (Å²) in [4.78, 5) is 6.97. The first-order valence-electron chi connectivity index (χ1n) is 11.3. The van der Waals surface area contributed by atoms with Gasteiger partial charge in [0.2, 0.25) is 5.89 Å². The number of rotatable bonds is 12. The van der Waals surface area contributed by atoms with Crippen molar-refractivity contribution in [3.05, 3.63) is 60.0 Å². The Morgan fingerprint density at radius 2 is 1.63 bits per heavy atom. The van der Waals surface area contributed by atoms with Gasteiger partial charge in [-0.15, -0.1) is 0 Å². The van der Waals surface area contributed by atoms with Crippen molar-refractivity contribution < 1.29 is 9.15 Å². The highest BCUT2D eigenvalue weighted by Gasteiger charge is 2.17. The SMILES string of the molecule is CCCCN(CCCC)C(CC)Oc1ccc(/C=C/c2nc3ccccc3o2)cc1. The van der Waals surface area contributed by atoms with Crippen LogP contribution in [0, 0.1) is 0 Å². The molecule has 0 N–H and O–H groups in total. The lowest BCUT2D eigenvalue weighted by atomic mass is 10.2. The summed E-state index contributed by atoms with van der Waals surface area (Å²) in [7, 11) is 0. The summed E-state index contributed by atoms with van der Waals surface area (Å²) >= 11 is 0. The van der Waals surface area contributed by atoms with Gasteiger partial charge in [-0.2, -0.15) is 0 Å². The highest BCUT2D eigenvalue weighted by atomic mass is 16.5. The first kappa shape index (κ1) is 22.1. The highest BCUT2D eigenvalue weighted by Crippen LogP contribution is 2.20. The van der Waals surface area contributed by atoms with E-state index in [0.717, 1.165) is 41.9 Å². The van der Waals surface area contributed by atoms with Gasteiger partial charge in [-0.3, -0.25) is 4.90 Å². The fourth-order valence-corrected chi connectivity index (χ4v) is 3.48.